The van der Waals surface area contributed by atoms with Gasteiger partial charge in [-0.2, -0.15) is 0 Å². The van der Waals surface area contributed by atoms with Gasteiger partial charge in [-0.05, 0) is 115 Å². The van der Waals surface area contributed by atoms with Crippen LogP contribution in [0.5, 0.6) is 0 Å². The van der Waals surface area contributed by atoms with Crippen molar-refractivity contribution in [2.45, 2.75) is 107 Å². The summed E-state index contributed by atoms with van der Waals surface area (Å²) in [5, 5.41) is 6.80. The molecule has 45 heavy (non-hydrogen) atoms. The first-order valence-electron chi connectivity index (χ1n) is 16.9. The molecule has 0 atom stereocenters. The van der Waals surface area contributed by atoms with Crippen LogP contribution >= 0.6 is 0 Å². The number of hydrogen-bond acceptors (Lipinski definition) is 2. The standard InChI is InChI=1S/C38H49N5O2/c1-9-22-23(10-2)35-33(38(45)39-21-44)37-25(12-4)24(11-3)36(43(37)16-8)28(15-7)32-20-18-30(41-32)26(13-5)29-17-19-31(40-29)27(14-6)34(22)42-35/h17-21,40-42H,9-16H2,1-8H3,(H,39,44,45). The van der Waals surface area contributed by atoms with Gasteiger partial charge in [0, 0.05) is 39.7 Å². The molecule has 2 amide bonds. The number of nitrogens with zero attached hydrogens (tertiary/aromatic N) is 1. The minimum Gasteiger partial charge on any atom is -0.355 e. The summed E-state index contributed by atoms with van der Waals surface area (Å²) >= 11 is 0. The van der Waals surface area contributed by atoms with Crippen molar-refractivity contribution in [3.8, 4) is 0 Å². The Morgan fingerprint density at radius 3 is 1.69 bits per heavy atom. The number of nitrogens with one attached hydrogen (secondary N) is 4. The lowest BCUT2D eigenvalue weighted by Gasteiger charge is -2.12. The summed E-state index contributed by atoms with van der Waals surface area (Å²) in [5.74, 6) is -0.380. The number of carbonyl (C=O) groups excluding carboxylic acids is 2. The highest BCUT2D eigenvalue weighted by Crippen LogP contribution is 2.31. The summed E-state index contributed by atoms with van der Waals surface area (Å²) in [7, 11) is 0. The van der Waals surface area contributed by atoms with Crippen molar-refractivity contribution in [1.82, 2.24) is 24.8 Å². The van der Waals surface area contributed by atoms with Gasteiger partial charge in [0.1, 0.15) is 0 Å². The van der Waals surface area contributed by atoms with Crippen molar-refractivity contribution in [3.63, 3.8) is 0 Å². The van der Waals surface area contributed by atoms with E-state index in [1.807, 2.05) is 0 Å². The Hall–Kier alpha value is -4.26. The Kier molecular flexibility index (Phi) is 9.56. The van der Waals surface area contributed by atoms with Crippen LogP contribution < -0.4 is 26.7 Å². The van der Waals surface area contributed by atoms with Crippen LogP contribution in [0.3, 0.4) is 0 Å². The van der Waals surface area contributed by atoms with Gasteiger partial charge in [-0.25, -0.2) is 0 Å². The average molecular weight is 608 g/mol. The van der Waals surface area contributed by atoms with E-state index in [-0.39, 0.29) is 5.91 Å². The zero-order valence-electron chi connectivity index (χ0n) is 28.3. The summed E-state index contributed by atoms with van der Waals surface area (Å²) in [6.07, 6.45) is 6.20. The van der Waals surface area contributed by atoms with Gasteiger partial charge < -0.3 is 19.5 Å². The van der Waals surface area contributed by atoms with Crippen molar-refractivity contribution in [2.75, 3.05) is 0 Å². The highest BCUT2D eigenvalue weighted by atomic mass is 16.2. The molecule has 7 heteroatoms. The van der Waals surface area contributed by atoms with E-state index in [0.29, 0.717) is 18.5 Å². The number of rotatable bonds is 10. The molecule has 0 aliphatic carbocycles. The van der Waals surface area contributed by atoms with Gasteiger partial charge in [0.05, 0.1) is 16.6 Å². The van der Waals surface area contributed by atoms with E-state index in [2.05, 4.69) is 104 Å². The summed E-state index contributed by atoms with van der Waals surface area (Å²) in [6, 6.07) is 8.78. The number of amides is 2. The molecule has 0 saturated carbocycles. The third-order valence-corrected chi connectivity index (χ3v) is 9.65. The van der Waals surface area contributed by atoms with Gasteiger partial charge in [-0.15, -0.1) is 0 Å². The third kappa shape index (κ3) is 5.16. The fourth-order valence-corrected chi connectivity index (χ4v) is 7.73. The molecule has 0 saturated heterocycles. The largest absolute Gasteiger partial charge is 0.355 e. The minimum absolute atomic E-state index is 0.380. The smallest absolute Gasteiger partial charge is 0.261 e. The van der Waals surface area contributed by atoms with E-state index in [4.69, 9.17) is 0 Å². The molecule has 4 N–H and O–H groups in total. The van der Waals surface area contributed by atoms with E-state index < -0.39 is 0 Å². The van der Waals surface area contributed by atoms with Crippen molar-refractivity contribution >= 4 is 34.6 Å². The molecule has 0 fully saturated rings. The molecule has 8 bridgehead atoms. The van der Waals surface area contributed by atoms with Crippen LogP contribution in [0.1, 0.15) is 120 Å². The topological polar surface area (TPSA) is 98.5 Å². The van der Waals surface area contributed by atoms with Crippen LogP contribution in [0, 0.1) is 0 Å². The highest BCUT2D eigenvalue weighted by molar-refractivity contribution is 6.21. The SMILES string of the molecule is CCC1=c2ccc([nH]2)=C(CC)c2[nH]c(c(CC)c2CC)C(C(=O)NC=O)=c2c(CC)c(CC)c(n2CC)=C(CC)c2ccc1[nH]2. The summed E-state index contributed by atoms with van der Waals surface area (Å²) < 4.78 is 2.33. The van der Waals surface area contributed by atoms with Crippen molar-refractivity contribution < 1.29 is 9.59 Å². The fourth-order valence-electron chi connectivity index (χ4n) is 7.73. The lowest BCUT2D eigenvalue weighted by Crippen LogP contribution is -2.36. The van der Waals surface area contributed by atoms with E-state index in [1.54, 1.807) is 0 Å². The van der Waals surface area contributed by atoms with E-state index in [1.165, 1.54) is 33.2 Å². The maximum Gasteiger partial charge on any atom is 0.261 e. The van der Waals surface area contributed by atoms with E-state index in [9.17, 15) is 9.59 Å². The maximum absolute atomic E-state index is 14.2. The Morgan fingerprint density at radius 2 is 1.16 bits per heavy atom. The second-order valence-corrected chi connectivity index (χ2v) is 11.7. The van der Waals surface area contributed by atoms with Crippen LogP contribution in [0.4, 0.5) is 0 Å². The lowest BCUT2D eigenvalue weighted by molar-refractivity contribution is -0.121. The molecule has 1 aliphatic rings. The molecule has 7 nitrogen and oxygen atoms in total. The first-order valence-corrected chi connectivity index (χ1v) is 16.9. The van der Waals surface area contributed by atoms with Crippen LogP contribution in [0.25, 0.3) is 22.3 Å². The summed E-state index contributed by atoms with van der Waals surface area (Å²) in [4.78, 5) is 37.4. The Morgan fingerprint density at radius 1 is 0.622 bits per heavy atom. The predicted octanol–water partition coefficient (Wildman–Crippen LogP) is 4.35. The molecular formula is C38H49N5O2. The molecular weight excluding hydrogens is 558 g/mol. The summed E-state index contributed by atoms with van der Waals surface area (Å²) in [6.45, 7) is 18.2. The molecule has 0 spiro atoms. The highest BCUT2D eigenvalue weighted by Gasteiger charge is 2.28. The van der Waals surface area contributed by atoms with Crippen molar-refractivity contribution in [1.29, 1.82) is 0 Å². The third-order valence-electron chi connectivity index (χ3n) is 9.65. The van der Waals surface area contributed by atoms with Crippen LogP contribution in [-0.2, 0) is 41.8 Å². The van der Waals surface area contributed by atoms with Gasteiger partial charge in [-0.1, -0.05) is 48.5 Å². The van der Waals surface area contributed by atoms with E-state index >= 15 is 0 Å². The normalized spacial score (nSPS) is 13.2. The maximum atomic E-state index is 14.2. The molecule has 238 valence electrons. The van der Waals surface area contributed by atoms with Crippen molar-refractivity contribution in [3.05, 3.63) is 90.7 Å². The second-order valence-electron chi connectivity index (χ2n) is 11.7. The second kappa shape index (κ2) is 13.4. The number of imide groups is 1. The Labute approximate surface area is 266 Å². The van der Waals surface area contributed by atoms with Crippen molar-refractivity contribution in [2.24, 2.45) is 0 Å². The van der Waals surface area contributed by atoms with E-state index in [0.717, 1.165) is 94.9 Å². The first-order chi connectivity index (χ1) is 21.9. The van der Waals surface area contributed by atoms with Crippen LogP contribution in [0.2, 0.25) is 0 Å². The molecule has 4 aromatic heterocycles. The Bertz CT molecular complexity index is 2010. The molecule has 0 unspecified atom stereocenters. The Balaban J connectivity index is 2.18. The van der Waals surface area contributed by atoms with Gasteiger partial charge in [0.15, 0.2) is 0 Å². The number of carbonyl (C=O) groups is 2. The molecule has 0 radical (unpaired) electrons. The molecule has 4 aromatic rings. The summed E-state index contributed by atoms with van der Waals surface area (Å²) in [5.41, 5.74) is 13.1. The monoisotopic (exact) mass is 607 g/mol. The zero-order valence-corrected chi connectivity index (χ0v) is 28.3. The number of fused-ring (bicyclic) bond motifs is 8. The predicted molar refractivity (Wildman–Crippen MR) is 184 cm³/mol. The van der Waals surface area contributed by atoms with Gasteiger partial charge in [-0.3, -0.25) is 14.9 Å². The van der Waals surface area contributed by atoms with Gasteiger partial charge in [0.25, 0.3) is 5.91 Å². The van der Waals surface area contributed by atoms with Crippen LogP contribution in [0.15, 0.2) is 24.3 Å². The number of hydrogen-bond donors (Lipinski definition) is 4. The zero-order chi connectivity index (χ0) is 32.4. The quantitative estimate of drug-likeness (QED) is 0.202. The first kappa shape index (κ1) is 32.1. The molecule has 0 aromatic carbocycles. The minimum atomic E-state index is -0.380. The number of H-pyrrole nitrogens is 3. The lowest BCUT2D eigenvalue weighted by atomic mass is 9.95. The number of aromatic nitrogens is 4. The van der Waals surface area contributed by atoms with Gasteiger partial charge in [0.2, 0.25) is 6.41 Å². The molecule has 5 rings (SSSR count). The molecule has 1 aliphatic heterocycles. The van der Waals surface area contributed by atoms with Crippen LogP contribution in [-0.4, -0.2) is 31.8 Å². The number of aromatic amines is 3. The molecule has 5 heterocycles. The average Bonchev–Trinajstić information content (AvgIpc) is 3.84. The fraction of sp³-hybridized carbons (Fsp3) is 0.421. The van der Waals surface area contributed by atoms with Gasteiger partial charge >= 0.3 is 0 Å².